The van der Waals surface area contributed by atoms with E-state index in [1.165, 1.54) is 36.4 Å². The second-order valence-electron chi connectivity index (χ2n) is 6.98. The van der Waals surface area contributed by atoms with Crippen LogP contribution in [-0.4, -0.2) is 48.6 Å². The lowest BCUT2D eigenvalue weighted by Gasteiger charge is -2.25. The molecular weight excluding hydrogens is 481 g/mol. The quantitative estimate of drug-likeness (QED) is 0.318. The summed E-state index contributed by atoms with van der Waals surface area (Å²) in [6, 6.07) is 8.99. The Labute approximate surface area is 190 Å². The molecular formula is C21H32IN5S. The first-order chi connectivity index (χ1) is 13.3. The molecule has 0 amide bonds. The average Bonchev–Trinajstić information content (AvgIpc) is 3.38. The Bertz CT molecular complexity index is 696. The Morgan fingerprint density at radius 3 is 2.71 bits per heavy atom. The first-order valence-corrected chi connectivity index (χ1v) is 10.9. The number of guanidine groups is 1. The van der Waals surface area contributed by atoms with Crippen LogP contribution in [0.1, 0.15) is 41.9 Å². The predicted octanol–water partition coefficient (Wildman–Crippen LogP) is 4.00. The Balaban J connectivity index is 0.00000280. The van der Waals surface area contributed by atoms with Gasteiger partial charge in [0.2, 0.25) is 0 Å². The van der Waals surface area contributed by atoms with Gasteiger partial charge in [0, 0.05) is 29.9 Å². The van der Waals surface area contributed by atoms with Crippen LogP contribution in [0, 0.1) is 6.92 Å². The number of halogens is 1. The van der Waals surface area contributed by atoms with Crippen molar-refractivity contribution in [1.29, 1.82) is 0 Å². The molecule has 1 aliphatic rings. The maximum Gasteiger partial charge on any atom is 0.191 e. The van der Waals surface area contributed by atoms with Crippen LogP contribution < -0.4 is 10.6 Å². The zero-order valence-electron chi connectivity index (χ0n) is 16.9. The normalized spacial score (nSPS) is 15.9. The van der Waals surface area contributed by atoms with Crippen molar-refractivity contribution in [1.82, 2.24) is 20.5 Å². The Hall–Kier alpha value is -1.19. The van der Waals surface area contributed by atoms with Crippen LogP contribution in [0.25, 0.3) is 0 Å². The van der Waals surface area contributed by atoms with Crippen LogP contribution in [0.2, 0.25) is 0 Å². The van der Waals surface area contributed by atoms with Crippen molar-refractivity contribution in [3.8, 4) is 0 Å². The topological polar surface area (TPSA) is 52.6 Å². The molecule has 0 radical (unpaired) electrons. The van der Waals surface area contributed by atoms with E-state index in [4.69, 9.17) is 4.99 Å². The number of nitrogens with one attached hydrogen (secondary N) is 2. The van der Waals surface area contributed by atoms with E-state index in [0.717, 1.165) is 37.7 Å². The molecule has 2 aromatic rings. The highest BCUT2D eigenvalue weighted by Gasteiger charge is 2.24. The van der Waals surface area contributed by atoms with Gasteiger partial charge in [0.25, 0.3) is 0 Å². The number of hydrogen-bond acceptors (Lipinski definition) is 4. The number of aliphatic imine (C=N–C) groups is 1. The lowest BCUT2D eigenvalue weighted by Crippen LogP contribution is -2.39. The van der Waals surface area contributed by atoms with E-state index in [9.17, 15) is 0 Å². The largest absolute Gasteiger partial charge is 0.357 e. The molecule has 0 bridgehead atoms. The first-order valence-electron chi connectivity index (χ1n) is 9.97. The SMILES string of the molecule is CCNC(=NCC(c1cccs1)N1CCCC1)NCCc1ccc(C)nc1.I. The highest BCUT2D eigenvalue weighted by Crippen LogP contribution is 2.28. The molecule has 0 spiro atoms. The molecule has 28 heavy (non-hydrogen) atoms. The van der Waals surface area contributed by atoms with Crippen LogP contribution in [0.4, 0.5) is 0 Å². The van der Waals surface area contributed by atoms with Gasteiger partial charge in [-0.15, -0.1) is 35.3 Å². The summed E-state index contributed by atoms with van der Waals surface area (Å²) in [6.45, 7) is 9.00. The maximum absolute atomic E-state index is 4.90. The maximum atomic E-state index is 4.90. The summed E-state index contributed by atoms with van der Waals surface area (Å²) in [5, 5.41) is 9.02. The van der Waals surface area contributed by atoms with Gasteiger partial charge in [-0.2, -0.15) is 0 Å². The number of aromatic nitrogens is 1. The van der Waals surface area contributed by atoms with Crippen molar-refractivity contribution in [2.45, 2.75) is 39.2 Å². The van der Waals surface area contributed by atoms with Gasteiger partial charge in [0.05, 0.1) is 12.6 Å². The molecule has 3 rings (SSSR count). The van der Waals surface area contributed by atoms with E-state index in [1.807, 2.05) is 24.5 Å². The standard InChI is InChI=1S/C21H31N5S.HI/c1-3-22-21(23-11-10-18-9-8-17(2)24-15-18)25-16-19(20-7-6-14-27-20)26-12-4-5-13-26;/h6-9,14-15,19H,3-5,10-13,16H2,1-2H3,(H2,22,23,25);1H. The molecule has 3 heterocycles. The number of aryl methyl sites for hydroxylation is 1. The highest BCUT2D eigenvalue weighted by molar-refractivity contribution is 14.0. The molecule has 5 nitrogen and oxygen atoms in total. The molecule has 2 N–H and O–H groups in total. The summed E-state index contributed by atoms with van der Waals surface area (Å²) in [5.74, 6) is 0.901. The number of thiophene rings is 1. The van der Waals surface area contributed by atoms with Crippen molar-refractivity contribution in [2.75, 3.05) is 32.7 Å². The second kappa shape index (κ2) is 12.4. The van der Waals surface area contributed by atoms with E-state index < -0.39 is 0 Å². The van der Waals surface area contributed by atoms with Gasteiger partial charge in [-0.25, -0.2) is 0 Å². The monoisotopic (exact) mass is 513 g/mol. The van der Waals surface area contributed by atoms with Gasteiger partial charge in [0.1, 0.15) is 0 Å². The highest BCUT2D eigenvalue weighted by atomic mass is 127. The van der Waals surface area contributed by atoms with Crippen molar-refractivity contribution in [3.63, 3.8) is 0 Å². The van der Waals surface area contributed by atoms with E-state index in [2.05, 4.69) is 57.1 Å². The third kappa shape index (κ3) is 7.00. The minimum absolute atomic E-state index is 0. The summed E-state index contributed by atoms with van der Waals surface area (Å²) >= 11 is 1.84. The molecule has 2 aromatic heterocycles. The smallest absolute Gasteiger partial charge is 0.191 e. The van der Waals surface area contributed by atoms with Crippen LogP contribution in [0.5, 0.6) is 0 Å². The Kier molecular flexibility index (Phi) is 10.2. The fourth-order valence-electron chi connectivity index (χ4n) is 3.41. The summed E-state index contributed by atoms with van der Waals surface area (Å²) in [4.78, 5) is 13.3. The number of pyridine rings is 1. The Morgan fingerprint density at radius 1 is 1.25 bits per heavy atom. The molecule has 1 fully saturated rings. The molecule has 1 saturated heterocycles. The fraction of sp³-hybridized carbons (Fsp3) is 0.524. The zero-order chi connectivity index (χ0) is 18.9. The summed E-state index contributed by atoms with van der Waals surface area (Å²) < 4.78 is 0. The van der Waals surface area contributed by atoms with E-state index >= 15 is 0 Å². The van der Waals surface area contributed by atoms with Gasteiger partial charge in [-0.05, 0) is 69.3 Å². The van der Waals surface area contributed by atoms with Crippen LogP contribution in [0.3, 0.4) is 0 Å². The first kappa shape index (κ1) is 23.1. The fourth-order valence-corrected chi connectivity index (χ4v) is 4.26. The van der Waals surface area contributed by atoms with Crippen LogP contribution in [0.15, 0.2) is 40.8 Å². The van der Waals surface area contributed by atoms with Gasteiger partial charge in [-0.1, -0.05) is 12.1 Å². The van der Waals surface area contributed by atoms with E-state index in [1.54, 1.807) is 0 Å². The predicted molar refractivity (Wildman–Crippen MR) is 130 cm³/mol. The molecule has 1 atom stereocenters. The molecule has 0 aromatic carbocycles. The Morgan fingerprint density at radius 2 is 2.07 bits per heavy atom. The summed E-state index contributed by atoms with van der Waals surface area (Å²) in [7, 11) is 0. The molecule has 0 saturated carbocycles. The van der Waals surface area contributed by atoms with Gasteiger partial charge < -0.3 is 10.6 Å². The van der Waals surface area contributed by atoms with Crippen molar-refractivity contribution >= 4 is 41.3 Å². The average molecular weight is 513 g/mol. The number of rotatable bonds is 8. The molecule has 154 valence electrons. The number of hydrogen-bond donors (Lipinski definition) is 2. The van der Waals surface area contributed by atoms with E-state index in [0.29, 0.717) is 6.04 Å². The molecule has 1 unspecified atom stereocenters. The van der Waals surface area contributed by atoms with Crippen LogP contribution >= 0.6 is 35.3 Å². The second-order valence-corrected chi connectivity index (χ2v) is 7.96. The molecule has 7 heteroatoms. The minimum atomic E-state index is 0. The summed E-state index contributed by atoms with van der Waals surface area (Å²) in [6.07, 6.45) is 5.50. The lowest BCUT2D eigenvalue weighted by atomic mass is 10.2. The molecule has 1 aliphatic heterocycles. The van der Waals surface area contributed by atoms with Gasteiger partial charge >= 0.3 is 0 Å². The number of nitrogens with zero attached hydrogens (tertiary/aromatic N) is 3. The number of likely N-dealkylation sites (tertiary alicyclic amines) is 1. The van der Waals surface area contributed by atoms with Crippen LogP contribution in [-0.2, 0) is 6.42 Å². The molecule has 0 aliphatic carbocycles. The van der Waals surface area contributed by atoms with Gasteiger partial charge in [-0.3, -0.25) is 14.9 Å². The van der Waals surface area contributed by atoms with E-state index in [-0.39, 0.29) is 24.0 Å². The van der Waals surface area contributed by atoms with Crippen molar-refractivity contribution < 1.29 is 0 Å². The zero-order valence-corrected chi connectivity index (χ0v) is 20.0. The minimum Gasteiger partial charge on any atom is -0.357 e. The summed E-state index contributed by atoms with van der Waals surface area (Å²) in [5.41, 5.74) is 2.31. The third-order valence-corrected chi connectivity index (χ3v) is 5.87. The third-order valence-electron chi connectivity index (χ3n) is 4.90. The lowest BCUT2D eigenvalue weighted by molar-refractivity contribution is 0.255. The van der Waals surface area contributed by atoms with Crippen molar-refractivity contribution in [2.24, 2.45) is 4.99 Å². The van der Waals surface area contributed by atoms with Crippen molar-refractivity contribution in [3.05, 3.63) is 52.0 Å². The van der Waals surface area contributed by atoms with Gasteiger partial charge in [0.15, 0.2) is 5.96 Å².